The molecule has 38 heavy (non-hydrogen) atoms. The Kier molecular flexibility index (Phi) is 5.13. The molecular weight excluding hydrogens is 490 g/mol. The molecular formula is C27H27N5O6. The number of pyridine rings is 2. The summed E-state index contributed by atoms with van der Waals surface area (Å²) in [5.74, 6) is -0.757. The molecule has 1 aromatic carbocycles. The lowest BCUT2D eigenvalue weighted by molar-refractivity contribution is -0.172. The molecule has 11 nitrogen and oxygen atoms in total. The van der Waals surface area contributed by atoms with Gasteiger partial charge in [0.15, 0.2) is 5.60 Å². The lowest BCUT2D eigenvalue weighted by atomic mass is 9.86. The summed E-state index contributed by atoms with van der Waals surface area (Å²) in [6, 6.07) is 7.05. The van der Waals surface area contributed by atoms with E-state index in [0.717, 1.165) is 29.7 Å². The van der Waals surface area contributed by atoms with Crippen LogP contribution in [0.3, 0.4) is 0 Å². The topological polar surface area (TPSA) is 126 Å². The molecule has 2 N–H and O–H groups in total. The summed E-state index contributed by atoms with van der Waals surface area (Å²) in [4.78, 5) is 48.5. The molecule has 11 heteroatoms. The number of carbonyl (C=O) groups excluding carboxylic acids is 2. The van der Waals surface area contributed by atoms with Gasteiger partial charge in [-0.25, -0.2) is 14.6 Å². The first kappa shape index (κ1) is 23.3. The number of esters is 1. The number of nitrogens with zero attached hydrogens (tertiary/aromatic N) is 4. The average Bonchev–Trinajstić information content (AvgIpc) is 3.30. The van der Waals surface area contributed by atoms with Crippen LogP contribution in [0, 0.1) is 0 Å². The third-order valence-corrected chi connectivity index (χ3v) is 8.19. The van der Waals surface area contributed by atoms with Crippen molar-refractivity contribution in [2.75, 3.05) is 49.6 Å². The van der Waals surface area contributed by atoms with Gasteiger partial charge in [0.25, 0.3) is 5.56 Å². The maximum absolute atomic E-state index is 13.7. The van der Waals surface area contributed by atoms with Crippen LogP contribution in [0.5, 0.6) is 0 Å². The van der Waals surface area contributed by atoms with Crippen molar-refractivity contribution < 1.29 is 24.2 Å². The molecule has 0 bridgehead atoms. The van der Waals surface area contributed by atoms with E-state index < -0.39 is 11.6 Å². The first-order chi connectivity index (χ1) is 18.4. The van der Waals surface area contributed by atoms with Crippen molar-refractivity contribution in [2.45, 2.75) is 32.1 Å². The van der Waals surface area contributed by atoms with Gasteiger partial charge in [0.05, 0.1) is 53.6 Å². The van der Waals surface area contributed by atoms with Crippen LogP contribution in [0.1, 0.15) is 30.0 Å². The van der Waals surface area contributed by atoms with E-state index in [2.05, 4.69) is 10.2 Å². The average molecular weight is 518 g/mol. The number of aromatic nitrogens is 2. The molecule has 3 aromatic rings. The summed E-state index contributed by atoms with van der Waals surface area (Å²) in [5, 5.41) is 15.0. The number of morpholine rings is 1. The molecule has 4 aliphatic heterocycles. The lowest BCUT2D eigenvalue weighted by Crippen LogP contribution is -2.46. The second kappa shape index (κ2) is 8.35. The van der Waals surface area contributed by atoms with Gasteiger partial charge in [-0.15, -0.1) is 0 Å². The highest BCUT2D eigenvalue weighted by Crippen LogP contribution is 2.46. The smallest absolute Gasteiger partial charge is 0.343 e. The lowest BCUT2D eigenvalue weighted by Gasteiger charge is -2.34. The molecule has 0 spiro atoms. The molecule has 0 unspecified atom stereocenters. The summed E-state index contributed by atoms with van der Waals surface area (Å²) < 4.78 is 12.3. The van der Waals surface area contributed by atoms with Gasteiger partial charge in [0.2, 0.25) is 0 Å². The standard InChI is InChI=1S/C27H27N5O6/c1-2-27(36)17-12-20-22-15(13-32(20)24(33)16(17)14-38-25(27)34)23-21-18(28-22)4-3-5-19(21)29-26(35)31(23)7-6-30-8-10-37-11-9-30/h3-5,12,36H,2,6-11,13-14H2,1H3,(H,29,35)/t27-/m0/s1. The Labute approximate surface area is 217 Å². The molecule has 196 valence electrons. The molecule has 1 atom stereocenters. The van der Waals surface area contributed by atoms with E-state index in [4.69, 9.17) is 14.5 Å². The SMILES string of the molecule is CC[C@@]1(O)C(=O)OCc2c1cc1n(c2=O)Cc2c-1nc1cccc3c1c2N(CCN1CCOCC1)C(=O)N3. The number of amides is 2. The van der Waals surface area contributed by atoms with E-state index in [1.165, 1.54) is 0 Å². The zero-order valence-electron chi connectivity index (χ0n) is 21.0. The van der Waals surface area contributed by atoms with Crippen LogP contribution in [0.2, 0.25) is 0 Å². The van der Waals surface area contributed by atoms with E-state index in [1.807, 2.05) is 18.2 Å². The Balaban J connectivity index is 1.41. The highest BCUT2D eigenvalue weighted by atomic mass is 16.6. The summed E-state index contributed by atoms with van der Waals surface area (Å²) in [7, 11) is 0. The van der Waals surface area contributed by atoms with Crippen molar-refractivity contribution in [3.63, 3.8) is 0 Å². The molecule has 0 radical (unpaired) electrons. The fourth-order valence-electron chi connectivity index (χ4n) is 6.07. The molecule has 0 aliphatic carbocycles. The normalized spacial score (nSPS) is 22.1. The van der Waals surface area contributed by atoms with Crippen LogP contribution in [0.25, 0.3) is 22.3 Å². The number of hydrogen-bond donors (Lipinski definition) is 2. The Hall–Kier alpha value is -3.80. The summed E-state index contributed by atoms with van der Waals surface area (Å²) in [6.07, 6.45) is 0.0732. The van der Waals surface area contributed by atoms with Gasteiger partial charge >= 0.3 is 12.0 Å². The third-order valence-electron chi connectivity index (χ3n) is 8.19. The molecule has 4 aliphatic rings. The number of cyclic esters (lactones) is 1. The molecule has 0 saturated carbocycles. The number of rotatable bonds is 4. The largest absolute Gasteiger partial charge is 0.458 e. The summed E-state index contributed by atoms with van der Waals surface area (Å²) in [5.41, 5.74) is 2.31. The van der Waals surface area contributed by atoms with Crippen molar-refractivity contribution in [3.8, 4) is 11.4 Å². The van der Waals surface area contributed by atoms with Gasteiger partial charge in [0, 0.05) is 42.7 Å². The minimum Gasteiger partial charge on any atom is -0.458 e. The van der Waals surface area contributed by atoms with Gasteiger partial charge < -0.3 is 24.5 Å². The third kappa shape index (κ3) is 3.19. The number of nitrogens with one attached hydrogen (secondary N) is 1. The highest BCUT2D eigenvalue weighted by molar-refractivity contribution is 6.19. The van der Waals surface area contributed by atoms with Crippen LogP contribution in [-0.4, -0.2) is 71.0 Å². The zero-order chi connectivity index (χ0) is 26.2. The van der Waals surface area contributed by atoms with Crippen molar-refractivity contribution in [1.82, 2.24) is 14.5 Å². The summed E-state index contributed by atoms with van der Waals surface area (Å²) >= 11 is 0. The van der Waals surface area contributed by atoms with Gasteiger partial charge in [-0.3, -0.25) is 14.6 Å². The first-order valence-corrected chi connectivity index (χ1v) is 12.9. The van der Waals surface area contributed by atoms with Crippen LogP contribution >= 0.6 is 0 Å². The molecule has 6 heterocycles. The number of hydrogen-bond acceptors (Lipinski definition) is 8. The van der Waals surface area contributed by atoms with Gasteiger partial charge in [0.1, 0.15) is 6.61 Å². The predicted molar refractivity (Wildman–Crippen MR) is 138 cm³/mol. The number of carbonyl (C=O) groups is 2. The van der Waals surface area contributed by atoms with Crippen LogP contribution in [0.15, 0.2) is 29.1 Å². The quantitative estimate of drug-likeness (QED) is 0.392. The zero-order valence-corrected chi connectivity index (χ0v) is 21.0. The molecule has 1 fully saturated rings. The minimum absolute atomic E-state index is 0.0732. The number of aliphatic hydroxyl groups is 1. The fraction of sp³-hybridized carbons (Fsp3) is 0.407. The molecule has 2 amide bonds. The van der Waals surface area contributed by atoms with Gasteiger partial charge in [-0.2, -0.15) is 0 Å². The first-order valence-electron chi connectivity index (χ1n) is 12.9. The summed E-state index contributed by atoms with van der Waals surface area (Å²) in [6.45, 7) is 5.82. The Morgan fingerprint density at radius 3 is 2.74 bits per heavy atom. The molecule has 7 rings (SSSR count). The Morgan fingerprint density at radius 1 is 1.13 bits per heavy atom. The van der Waals surface area contributed by atoms with Crippen LogP contribution in [-0.2, 0) is 33.0 Å². The van der Waals surface area contributed by atoms with Crippen molar-refractivity contribution in [2.24, 2.45) is 0 Å². The van der Waals surface area contributed by atoms with Crippen molar-refractivity contribution in [3.05, 3.63) is 51.3 Å². The number of ether oxygens (including phenoxy) is 2. The van der Waals surface area contributed by atoms with E-state index >= 15 is 0 Å². The molecule has 2 aromatic heterocycles. The van der Waals surface area contributed by atoms with E-state index in [-0.39, 0.29) is 42.3 Å². The Morgan fingerprint density at radius 2 is 1.95 bits per heavy atom. The number of fused-ring (bicyclic) bond motifs is 5. The number of anilines is 2. The van der Waals surface area contributed by atoms with Crippen molar-refractivity contribution >= 4 is 34.3 Å². The fourth-order valence-corrected chi connectivity index (χ4v) is 6.07. The predicted octanol–water partition coefficient (Wildman–Crippen LogP) is 1.76. The van der Waals surface area contributed by atoms with E-state index in [9.17, 15) is 19.5 Å². The number of benzene rings is 1. The molecule has 1 saturated heterocycles. The second-order valence-corrected chi connectivity index (χ2v) is 10.1. The van der Waals surface area contributed by atoms with E-state index in [1.54, 1.807) is 22.5 Å². The number of urea groups is 1. The Bertz CT molecular complexity index is 1590. The van der Waals surface area contributed by atoms with Crippen molar-refractivity contribution in [1.29, 1.82) is 0 Å². The minimum atomic E-state index is -1.90. The maximum Gasteiger partial charge on any atom is 0.343 e. The highest BCUT2D eigenvalue weighted by Gasteiger charge is 2.46. The van der Waals surface area contributed by atoms with Gasteiger partial charge in [-0.1, -0.05) is 13.0 Å². The van der Waals surface area contributed by atoms with Gasteiger partial charge in [-0.05, 0) is 24.6 Å². The van der Waals surface area contributed by atoms with Crippen LogP contribution in [0.4, 0.5) is 16.2 Å². The van der Waals surface area contributed by atoms with Crippen LogP contribution < -0.4 is 15.8 Å². The maximum atomic E-state index is 13.7. The van der Waals surface area contributed by atoms with E-state index in [0.29, 0.717) is 48.9 Å². The monoisotopic (exact) mass is 517 g/mol. The second-order valence-electron chi connectivity index (χ2n) is 10.1.